The molecule has 0 N–H and O–H groups in total. The van der Waals surface area contributed by atoms with Crippen molar-refractivity contribution in [1.82, 2.24) is 0 Å². The molecule has 0 saturated heterocycles. The van der Waals surface area contributed by atoms with E-state index < -0.39 is 0 Å². The van der Waals surface area contributed by atoms with Gasteiger partial charge in [0.1, 0.15) is 7.85 Å². The van der Waals surface area contributed by atoms with Crippen molar-refractivity contribution in [3.8, 4) is 0 Å². The van der Waals surface area contributed by atoms with Gasteiger partial charge in [0.2, 0.25) is 0 Å². The second-order valence-electron chi connectivity index (χ2n) is 6.00. The Labute approximate surface area is 115 Å². The van der Waals surface area contributed by atoms with Gasteiger partial charge in [-0.1, -0.05) is 51.5 Å². The first-order chi connectivity index (χ1) is 8.42. The maximum Gasteiger partial charge on any atom is 0.107 e. The van der Waals surface area contributed by atoms with Gasteiger partial charge in [-0.05, 0) is 49.5 Å². The van der Waals surface area contributed by atoms with Gasteiger partial charge in [0, 0.05) is 0 Å². The number of hydrogen-bond donors (Lipinski definition) is 0. The second kappa shape index (κ2) is 6.45. The quantitative estimate of drug-likeness (QED) is 0.586. The molecule has 0 nitrogen and oxygen atoms in total. The van der Waals surface area contributed by atoms with Crippen molar-refractivity contribution < 1.29 is 0 Å². The highest BCUT2D eigenvalue weighted by Crippen LogP contribution is 2.43. The Morgan fingerprint density at radius 2 is 2.00 bits per heavy atom. The topological polar surface area (TPSA) is 0 Å². The van der Waals surface area contributed by atoms with E-state index in [0.29, 0.717) is 0 Å². The highest BCUT2D eigenvalue weighted by molar-refractivity contribution is 6.22. The summed E-state index contributed by atoms with van der Waals surface area (Å²) in [5.41, 5.74) is 5.53. The molecule has 1 aliphatic rings. The van der Waals surface area contributed by atoms with Crippen LogP contribution in [0.3, 0.4) is 0 Å². The third-order valence-corrected chi connectivity index (χ3v) is 4.20. The summed E-state index contributed by atoms with van der Waals surface area (Å²) in [5, 5.41) is 0. The lowest BCUT2D eigenvalue weighted by Gasteiger charge is -2.34. The Balaban J connectivity index is 2.91. The van der Waals surface area contributed by atoms with E-state index in [1.165, 1.54) is 29.6 Å². The number of rotatable bonds is 4. The van der Waals surface area contributed by atoms with E-state index in [4.69, 9.17) is 7.85 Å². The molecular formula is C17H27B. The van der Waals surface area contributed by atoms with Crippen LogP contribution in [0.25, 0.3) is 0 Å². The van der Waals surface area contributed by atoms with Gasteiger partial charge >= 0.3 is 0 Å². The largest absolute Gasteiger partial charge is 0.118 e. The minimum atomic E-state index is 0.287. The van der Waals surface area contributed by atoms with E-state index in [9.17, 15) is 0 Å². The molecule has 0 heterocycles. The molecule has 1 rings (SSSR count). The van der Waals surface area contributed by atoms with Crippen LogP contribution in [0.2, 0.25) is 0 Å². The van der Waals surface area contributed by atoms with E-state index >= 15 is 0 Å². The predicted octanol–water partition coefficient (Wildman–Crippen LogP) is 5.31. The molecule has 0 spiro atoms. The lowest BCUT2D eigenvalue weighted by molar-refractivity contribution is 0.370. The van der Waals surface area contributed by atoms with Crippen LogP contribution in [-0.4, -0.2) is 7.85 Å². The van der Waals surface area contributed by atoms with Gasteiger partial charge in [0.15, 0.2) is 0 Å². The van der Waals surface area contributed by atoms with Gasteiger partial charge in [0.05, 0.1) is 0 Å². The summed E-state index contributed by atoms with van der Waals surface area (Å²) < 4.78 is 0. The molecular weight excluding hydrogens is 215 g/mol. The molecule has 0 unspecified atom stereocenters. The SMILES string of the molecule is [B]/C(CC)=C(/CC)C/C=C1\C(=C)CCCC1(C)C. The second-order valence-corrected chi connectivity index (χ2v) is 6.00. The molecule has 98 valence electrons. The molecule has 0 atom stereocenters. The van der Waals surface area contributed by atoms with Crippen LogP contribution < -0.4 is 0 Å². The van der Waals surface area contributed by atoms with Crippen LogP contribution in [-0.2, 0) is 0 Å². The van der Waals surface area contributed by atoms with Crippen molar-refractivity contribution in [3.05, 3.63) is 34.8 Å². The van der Waals surface area contributed by atoms with E-state index in [2.05, 4.69) is 40.3 Å². The molecule has 2 radical (unpaired) electrons. The normalized spacial score (nSPS) is 23.1. The molecule has 0 aromatic carbocycles. The zero-order valence-electron chi connectivity index (χ0n) is 12.6. The van der Waals surface area contributed by atoms with E-state index in [1.54, 1.807) is 0 Å². The molecule has 18 heavy (non-hydrogen) atoms. The van der Waals surface area contributed by atoms with Crippen molar-refractivity contribution in [2.45, 2.75) is 66.2 Å². The first kappa shape index (κ1) is 15.3. The molecule has 1 heteroatoms. The maximum absolute atomic E-state index is 6.07. The Bertz CT molecular complexity index is 369. The maximum atomic E-state index is 6.07. The summed E-state index contributed by atoms with van der Waals surface area (Å²) in [7, 11) is 6.07. The lowest BCUT2D eigenvalue weighted by atomic mass is 9.70. The molecule has 0 amide bonds. The van der Waals surface area contributed by atoms with Crippen molar-refractivity contribution in [2.24, 2.45) is 5.41 Å². The smallest absolute Gasteiger partial charge is 0.107 e. The van der Waals surface area contributed by atoms with Gasteiger partial charge in [-0.3, -0.25) is 0 Å². The minimum absolute atomic E-state index is 0.287. The van der Waals surface area contributed by atoms with Crippen molar-refractivity contribution in [2.75, 3.05) is 0 Å². The first-order valence-electron chi connectivity index (χ1n) is 7.27. The monoisotopic (exact) mass is 242 g/mol. The van der Waals surface area contributed by atoms with Crippen LogP contribution in [0.1, 0.15) is 66.2 Å². The zero-order chi connectivity index (χ0) is 13.8. The molecule has 0 aromatic rings. The van der Waals surface area contributed by atoms with Gasteiger partial charge in [-0.15, -0.1) is 5.47 Å². The van der Waals surface area contributed by atoms with Gasteiger partial charge in [-0.2, -0.15) is 0 Å². The van der Waals surface area contributed by atoms with Crippen molar-refractivity contribution in [3.63, 3.8) is 0 Å². The average Bonchev–Trinajstić information content (AvgIpc) is 2.31. The predicted molar refractivity (Wildman–Crippen MR) is 82.8 cm³/mol. The summed E-state index contributed by atoms with van der Waals surface area (Å²) in [6, 6.07) is 0. The van der Waals surface area contributed by atoms with Crippen molar-refractivity contribution in [1.29, 1.82) is 0 Å². The van der Waals surface area contributed by atoms with Gasteiger partial charge in [-0.25, -0.2) is 0 Å². The highest BCUT2D eigenvalue weighted by Gasteiger charge is 2.28. The summed E-state index contributed by atoms with van der Waals surface area (Å²) in [5.74, 6) is 0. The first-order valence-corrected chi connectivity index (χ1v) is 7.27. The number of hydrogen-bond acceptors (Lipinski definition) is 0. The van der Waals surface area contributed by atoms with Gasteiger partial charge in [0.25, 0.3) is 0 Å². The molecule has 1 fully saturated rings. The third kappa shape index (κ3) is 3.64. The Morgan fingerprint density at radius 3 is 2.50 bits per heavy atom. The molecule has 1 aliphatic carbocycles. The zero-order valence-corrected chi connectivity index (χ0v) is 12.6. The molecule has 0 aliphatic heterocycles. The fourth-order valence-electron chi connectivity index (χ4n) is 2.89. The van der Waals surface area contributed by atoms with E-state index in [-0.39, 0.29) is 5.41 Å². The fraction of sp³-hybridized carbons (Fsp3) is 0.647. The molecule has 0 bridgehead atoms. The summed E-state index contributed by atoms with van der Waals surface area (Å²) in [6.45, 7) is 13.2. The Kier molecular flexibility index (Phi) is 5.50. The highest BCUT2D eigenvalue weighted by atomic mass is 14.3. The number of allylic oxidation sites excluding steroid dienone is 5. The van der Waals surface area contributed by atoms with Crippen molar-refractivity contribution >= 4 is 7.85 Å². The summed E-state index contributed by atoms with van der Waals surface area (Å²) in [6.07, 6.45) is 9.08. The van der Waals surface area contributed by atoms with Gasteiger partial charge < -0.3 is 0 Å². The van der Waals surface area contributed by atoms with E-state index in [1.807, 2.05) is 0 Å². The molecule has 1 saturated carbocycles. The average molecular weight is 242 g/mol. The minimum Gasteiger partial charge on any atom is -0.118 e. The fourth-order valence-corrected chi connectivity index (χ4v) is 2.89. The van der Waals surface area contributed by atoms with Crippen LogP contribution in [0.15, 0.2) is 34.8 Å². The Morgan fingerprint density at radius 1 is 1.33 bits per heavy atom. The van der Waals surface area contributed by atoms with E-state index in [0.717, 1.165) is 31.2 Å². The lowest BCUT2D eigenvalue weighted by Crippen LogP contribution is -2.20. The van der Waals surface area contributed by atoms with Crippen LogP contribution >= 0.6 is 0 Å². The molecule has 0 aromatic heterocycles. The third-order valence-electron chi connectivity index (χ3n) is 4.20. The standard InChI is InChI=1S/C17H27B/c1-6-14(16(18)7-2)10-11-15-13(3)9-8-12-17(15,4)5/h11H,3,6-10,12H2,1-2,4-5H3/b15-11+,16-14-. The summed E-state index contributed by atoms with van der Waals surface area (Å²) in [4.78, 5) is 0. The summed E-state index contributed by atoms with van der Waals surface area (Å²) >= 11 is 0. The van der Waals surface area contributed by atoms with Crippen LogP contribution in [0, 0.1) is 5.41 Å². The van der Waals surface area contributed by atoms with Crippen LogP contribution in [0.4, 0.5) is 0 Å². The van der Waals surface area contributed by atoms with Crippen LogP contribution in [0.5, 0.6) is 0 Å². The Hall–Kier alpha value is -0.715.